The molecule has 1 spiro atoms. The molecular formula is C13H16N2O2. The van der Waals surface area contributed by atoms with Crippen molar-refractivity contribution in [1.82, 2.24) is 4.90 Å². The number of aliphatic hydroxyl groups excluding tert-OH is 1. The second-order valence-electron chi connectivity index (χ2n) is 4.83. The molecule has 0 radical (unpaired) electrons. The highest BCUT2D eigenvalue weighted by atomic mass is 16.3. The highest BCUT2D eigenvalue weighted by molar-refractivity contribution is 6.06. The minimum Gasteiger partial charge on any atom is -0.395 e. The van der Waals surface area contributed by atoms with Gasteiger partial charge in [-0.25, -0.2) is 0 Å². The number of amides is 1. The van der Waals surface area contributed by atoms with Gasteiger partial charge in [-0.05, 0) is 24.6 Å². The van der Waals surface area contributed by atoms with E-state index >= 15 is 0 Å². The third-order valence-corrected chi connectivity index (χ3v) is 3.89. The summed E-state index contributed by atoms with van der Waals surface area (Å²) in [5, 5.41) is 11.9. The van der Waals surface area contributed by atoms with Gasteiger partial charge in [0.15, 0.2) is 0 Å². The van der Waals surface area contributed by atoms with Crippen LogP contribution in [-0.4, -0.2) is 42.2 Å². The third-order valence-electron chi connectivity index (χ3n) is 3.89. The van der Waals surface area contributed by atoms with Crippen LogP contribution in [0.3, 0.4) is 0 Å². The molecule has 1 fully saturated rings. The Kier molecular flexibility index (Phi) is 2.42. The summed E-state index contributed by atoms with van der Waals surface area (Å²) in [7, 11) is 0. The molecule has 17 heavy (non-hydrogen) atoms. The summed E-state index contributed by atoms with van der Waals surface area (Å²) in [6, 6.07) is 7.92. The predicted molar refractivity (Wildman–Crippen MR) is 64.9 cm³/mol. The second-order valence-corrected chi connectivity index (χ2v) is 4.83. The molecule has 1 atom stereocenters. The Balaban J connectivity index is 1.96. The number of β-amino-alcohol motifs (C(OH)–C–C–N with tert-alkyl or cyclic N) is 1. The van der Waals surface area contributed by atoms with Gasteiger partial charge in [0.2, 0.25) is 5.91 Å². The summed E-state index contributed by atoms with van der Waals surface area (Å²) in [4.78, 5) is 14.4. The number of carbonyl (C=O) groups excluding carboxylic acids is 1. The van der Waals surface area contributed by atoms with Crippen LogP contribution in [0.15, 0.2) is 24.3 Å². The average Bonchev–Trinajstić information content (AvgIpc) is 2.86. The lowest BCUT2D eigenvalue weighted by Crippen LogP contribution is -2.38. The first-order valence-electron chi connectivity index (χ1n) is 6.00. The van der Waals surface area contributed by atoms with Gasteiger partial charge < -0.3 is 10.4 Å². The van der Waals surface area contributed by atoms with Crippen molar-refractivity contribution < 1.29 is 9.90 Å². The van der Waals surface area contributed by atoms with Gasteiger partial charge in [0.25, 0.3) is 0 Å². The number of anilines is 1. The molecule has 1 aromatic rings. The largest absolute Gasteiger partial charge is 0.395 e. The van der Waals surface area contributed by atoms with Crippen LogP contribution in [0.1, 0.15) is 12.0 Å². The van der Waals surface area contributed by atoms with Crippen LogP contribution in [0, 0.1) is 0 Å². The second kappa shape index (κ2) is 3.82. The summed E-state index contributed by atoms with van der Waals surface area (Å²) in [6.45, 7) is 2.40. The standard InChI is InChI=1S/C13H16N2O2/c16-8-7-15-6-5-13(9-15)10-3-1-2-4-11(10)14-12(13)17/h1-4,16H,5-9H2,(H,14,17)/t13-/m0/s1. The monoisotopic (exact) mass is 232 g/mol. The Morgan fingerprint density at radius 1 is 1.41 bits per heavy atom. The minimum atomic E-state index is -0.383. The molecule has 2 aliphatic rings. The molecule has 4 nitrogen and oxygen atoms in total. The van der Waals surface area contributed by atoms with E-state index in [2.05, 4.69) is 10.2 Å². The normalized spacial score (nSPS) is 27.5. The highest BCUT2D eigenvalue weighted by Gasteiger charge is 2.50. The van der Waals surface area contributed by atoms with Crippen molar-refractivity contribution in [2.45, 2.75) is 11.8 Å². The lowest BCUT2D eigenvalue weighted by atomic mass is 9.81. The molecule has 2 aliphatic heterocycles. The number of likely N-dealkylation sites (tertiary alicyclic amines) is 1. The van der Waals surface area contributed by atoms with Crippen molar-refractivity contribution in [3.8, 4) is 0 Å². The molecule has 90 valence electrons. The molecular weight excluding hydrogens is 216 g/mol. The fraction of sp³-hybridized carbons (Fsp3) is 0.462. The summed E-state index contributed by atoms with van der Waals surface area (Å²) >= 11 is 0. The number of benzene rings is 1. The van der Waals surface area contributed by atoms with Crippen LogP contribution in [0.4, 0.5) is 5.69 Å². The lowest BCUT2D eigenvalue weighted by Gasteiger charge is -2.22. The van der Waals surface area contributed by atoms with E-state index in [1.807, 2.05) is 24.3 Å². The van der Waals surface area contributed by atoms with Crippen molar-refractivity contribution in [2.75, 3.05) is 31.6 Å². The number of hydrogen-bond donors (Lipinski definition) is 2. The van der Waals surface area contributed by atoms with Gasteiger partial charge in [0, 0.05) is 18.8 Å². The molecule has 0 bridgehead atoms. The number of fused-ring (bicyclic) bond motifs is 2. The van der Waals surface area contributed by atoms with Gasteiger partial charge >= 0.3 is 0 Å². The molecule has 2 N–H and O–H groups in total. The summed E-state index contributed by atoms with van der Waals surface area (Å²) < 4.78 is 0. The molecule has 0 aromatic heterocycles. The zero-order valence-corrected chi connectivity index (χ0v) is 9.65. The smallest absolute Gasteiger partial charge is 0.236 e. The van der Waals surface area contributed by atoms with E-state index in [9.17, 15) is 4.79 Å². The van der Waals surface area contributed by atoms with Crippen LogP contribution < -0.4 is 5.32 Å². The molecule has 0 unspecified atom stereocenters. The van der Waals surface area contributed by atoms with Gasteiger partial charge in [-0.1, -0.05) is 18.2 Å². The summed E-state index contributed by atoms with van der Waals surface area (Å²) in [5.41, 5.74) is 1.68. The van der Waals surface area contributed by atoms with Crippen LogP contribution in [0.25, 0.3) is 0 Å². The van der Waals surface area contributed by atoms with Crippen LogP contribution in [0.2, 0.25) is 0 Å². The van der Waals surface area contributed by atoms with E-state index < -0.39 is 0 Å². The Bertz CT molecular complexity index is 460. The van der Waals surface area contributed by atoms with Crippen molar-refractivity contribution >= 4 is 11.6 Å². The van der Waals surface area contributed by atoms with E-state index in [0.29, 0.717) is 6.54 Å². The highest BCUT2D eigenvalue weighted by Crippen LogP contribution is 2.43. The maximum Gasteiger partial charge on any atom is 0.236 e. The van der Waals surface area contributed by atoms with E-state index in [1.165, 1.54) is 0 Å². The molecule has 3 rings (SSSR count). The Morgan fingerprint density at radius 3 is 3.06 bits per heavy atom. The Labute approximate surface area is 100 Å². The maximum atomic E-state index is 12.2. The van der Waals surface area contributed by atoms with Crippen molar-refractivity contribution in [2.24, 2.45) is 0 Å². The maximum absolute atomic E-state index is 12.2. The number of carbonyl (C=O) groups is 1. The van der Waals surface area contributed by atoms with Crippen molar-refractivity contribution in [3.63, 3.8) is 0 Å². The number of rotatable bonds is 2. The zero-order valence-electron chi connectivity index (χ0n) is 9.65. The molecule has 2 heterocycles. The fourth-order valence-corrected chi connectivity index (χ4v) is 3.00. The molecule has 4 heteroatoms. The minimum absolute atomic E-state index is 0.110. The third kappa shape index (κ3) is 1.48. The van der Waals surface area contributed by atoms with Gasteiger partial charge in [0.05, 0.1) is 12.0 Å². The van der Waals surface area contributed by atoms with Gasteiger partial charge in [0.1, 0.15) is 0 Å². The van der Waals surface area contributed by atoms with Crippen molar-refractivity contribution in [1.29, 1.82) is 0 Å². The van der Waals surface area contributed by atoms with Crippen LogP contribution >= 0.6 is 0 Å². The van der Waals surface area contributed by atoms with Gasteiger partial charge in [-0.2, -0.15) is 0 Å². The molecule has 1 aromatic carbocycles. The lowest BCUT2D eigenvalue weighted by molar-refractivity contribution is -0.120. The van der Waals surface area contributed by atoms with E-state index in [-0.39, 0.29) is 17.9 Å². The first kappa shape index (κ1) is 10.7. The summed E-state index contributed by atoms with van der Waals surface area (Å²) in [5.74, 6) is 0.110. The van der Waals surface area contributed by atoms with E-state index in [0.717, 1.165) is 30.8 Å². The van der Waals surface area contributed by atoms with Crippen LogP contribution in [0.5, 0.6) is 0 Å². The molecule has 0 saturated carbocycles. The molecule has 1 saturated heterocycles. The molecule has 0 aliphatic carbocycles. The average molecular weight is 232 g/mol. The summed E-state index contributed by atoms with van der Waals surface area (Å²) in [6.07, 6.45) is 0.843. The van der Waals surface area contributed by atoms with Gasteiger partial charge in [-0.15, -0.1) is 0 Å². The number of aliphatic hydroxyl groups is 1. The van der Waals surface area contributed by atoms with E-state index in [1.54, 1.807) is 0 Å². The number of hydrogen-bond acceptors (Lipinski definition) is 3. The number of nitrogens with one attached hydrogen (secondary N) is 1. The first-order chi connectivity index (χ1) is 8.26. The number of para-hydroxylation sites is 1. The van der Waals surface area contributed by atoms with Crippen LogP contribution in [-0.2, 0) is 10.2 Å². The predicted octanol–water partition coefficient (Wildman–Crippen LogP) is 0.575. The van der Waals surface area contributed by atoms with Crippen molar-refractivity contribution in [3.05, 3.63) is 29.8 Å². The quantitative estimate of drug-likeness (QED) is 0.784. The first-order valence-corrected chi connectivity index (χ1v) is 6.00. The van der Waals surface area contributed by atoms with E-state index in [4.69, 9.17) is 5.11 Å². The number of nitrogens with zero attached hydrogens (tertiary/aromatic N) is 1. The fourth-order valence-electron chi connectivity index (χ4n) is 3.00. The SMILES string of the molecule is O=C1Nc2ccccc2[C@@]12CCN(CCO)C2. The topological polar surface area (TPSA) is 52.6 Å². The van der Waals surface area contributed by atoms with Gasteiger partial charge in [-0.3, -0.25) is 9.69 Å². The Morgan fingerprint density at radius 2 is 2.24 bits per heavy atom. The zero-order chi connectivity index (χ0) is 11.9. The Hall–Kier alpha value is -1.39. The molecule has 1 amide bonds.